The Kier molecular flexibility index (Phi) is 7.41. The molecule has 0 spiro atoms. The van der Waals surface area contributed by atoms with Gasteiger partial charge in [0.15, 0.2) is 0 Å². The summed E-state index contributed by atoms with van der Waals surface area (Å²) < 4.78 is 5.14. The van der Waals surface area contributed by atoms with E-state index in [1.165, 1.54) is 10.8 Å². The fourth-order valence-electron chi connectivity index (χ4n) is 1.04. The topological polar surface area (TPSA) is 75.6 Å². The zero-order valence-electron chi connectivity index (χ0n) is 13.0. The van der Waals surface area contributed by atoms with Crippen LogP contribution in [0.4, 0.5) is 4.79 Å². The van der Waals surface area contributed by atoms with Crippen LogP contribution in [0.25, 0.3) is 0 Å². The highest BCUT2D eigenvalue weighted by molar-refractivity contribution is 8.77. The van der Waals surface area contributed by atoms with Crippen molar-refractivity contribution in [3.63, 3.8) is 0 Å². The summed E-state index contributed by atoms with van der Waals surface area (Å²) in [4.78, 5) is 23.0. The number of alkyl carbamates (subject to hydrolysis) is 1. The van der Waals surface area contributed by atoms with Crippen molar-refractivity contribution in [3.05, 3.63) is 0 Å². The van der Waals surface area contributed by atoms with Crippen LogP contribution in [-0.2, 0) is 9.53 Å². The number of hydrogen-bond acceptors (Lipinski definition) is 6. The summed E-state index contributed by atoms with van der Waals surface area (Å²) in [7, 11) is 3.02. The lowest BCUT2D eigenvalue weighted by Gasteiger charge is -2.29. The Morgan fingerprint density at radius 2 is 1.80 bits per heavy atom. The average molecular weight is 323 g/mol. The first-order chi connectivity index (χ1) is 8.93. The van der Waals surface area contributed by atoms with Crippen molar-refractivity contribution >= 4 is 34.0 Å². The standard InChI is InChI=1S/C13H25NO4S2/c1-11(2,3)18-10(17)14-13(7-15,8-16)9-19-20-12(4,5)6/h7,16H,8-9H2,1-6H3,(H,14,17). The van der Waals surface area contributed by atoms with Crippen LogP contribution in [0, 0.1) is 0 Å². The molecule has 0 aliphatic rings. The van der Waals surface area contributed by atoms with Crippen LogP contribution < -0.4 is 5.32 Å². The molecule has 5 nitrogen and oxygen atoms in total. The van der Waals surface area contributed by atoms with Crippen molar-refractivity contribution in [1.82, 2.24) is 5.32 Å². The molecule has 0 aliphatic carbocycles. The third-order valence-electron chi connectivity index (χ3n) is 1.88. The molecular weight excluding hydrogens is 298 g/mol. The molecule has 0 fully saturated rings. The van der Waals surface area contributed by atoms with Crippen LogP contribution in [0.1, 0.15) is 41.5 Å². The van der Waals surface area contributed by atoms with Gasteiger partial charge in [0, 0.05) is 10.5 Å². The van der Waals surface area contributed by atoms with E-state index in [1.54, 1.807) is 31.6 Å². The molecule has 0 radical (unpaired) electrons. The van der Waals surface area contributed by atoms with E-state index >= 15 is 0 Å². The summed E-state index contributed by atoms with van der Waals surface area (Å²) in [6.07, 6.45) is -0.146. The Hall–Kier alpha value is -0.400. The molecule has 118 valence electrons. The third-order valence-corrected chi connectivity index (χ3v) is 5.34. The Bertz CT molecular complexity index is 336. The van der Waals surface area contributed by atoms with Crippen LogP contribution in [0.2, 0.25) is 0 Å². The molecule has 0 heterocycles. The number of hydrogen-bond donors (Lipinski definition) is 2. The molecule has 2 N–H and O–H groups in total. The van der Waals surface area contributed by atoms with Gasteiger partial charge in [0.2, 0.25) is 0 Å². The minimum Gasteiger partial charge on any atom is -0.444 e. The molecule has 1 unspecified atom stereocenters. The molecule has 0 bridgehead atoms. The molecule has 0 aromatic carbocycles. The highest BCUT2D eigenvalue weighted by Crippen LogP contribution is 2.36. The van der Waals surface area contributed by atoms with Crippen molar-refractivity contribution < 1.29 is 19.4 Å². The molecule has 0 aromatic heterocycles. The number of aliphatic hydroxyl groups is 1. The number of aldehydes is 1. The Labute approximate surface area is 129 Å². The number of carbonyl (C=O) groups excluding carboxylic acids is 2. The smallest absolute Gasteiger partial charge is 0.408 e. The fourth-order valence-corrected chi connectivity index (χ4v) is 3.76. The SMILES string of the molecule is CC(C)(C)OC(=O)NC(C=O)(CO)CSSC(C)(C)C. The van der Waals surface area contributed by atoms with E-state index < -0.39 is 23.8 Å². The van der Waals surface area contributed by atoms with E-state index in [9.17, 15) is 14.7 Å². The highest BCUT2D eigenvalue weighted by atomic mass is 33.1. The van der Waals surface area contributed by atoms with Gasteiger partial charge in [-0.25, -0.2) is 4.79 Å². The monoisotopic (exact) mass is 323 g/mol. The van der Waals surface area contributed by atoms with Gasteiger partial charge in [-0.3, -0.25) is 0 Å². The maximum absolute atomic E-state index is 11.7. The predicted molar refractivity (Wildman–Crippen MR) is 85.1 cm³/mol. The highest BCUT2D eigenvalue weighted by Gasteiger charge is 2.33. The maximum atomic E-state index is 11.7. The number of nitrogens with one attached hydrogen (secondary N) is 1. The quantitative estimate of drug-likeness (QED) is 0.578. The van der Waals surface area contributed by atoms with E-state index in [1.807, 2.05) is 20.8 Å². The van der Waals surface area contributed by atoms with Gasteiger partial charge in [-0.15, -0.1) is 0 Å². The van der Waals surface area contributed by atoms with Crippen molar-refractivity contribution in [2.45, 2.75) is 57.4 Å². The van der Waals surface area contributed by atoms with Crippen molar-refractivity contribution in [2.24, 2.45) is 0 Å². The second-order valence-corrected chi connectivity index (χ2v) is 9.64. The molecule has 0 aliphatic heterocycles. The Balaban J connectivity index is 4.60. The van der Waals surface area contributed by atoms with Gasteiger partial charge >= 0.3 is 6.09 Å². The lowest BCUT2D eigenvalue weighted by molar-refractivity contribution is -0.114. The lowest BCUT2D eigenvalue weighted by atomic mass is 10.1. The van der Waals surface area contributed by atoms with Crippen LogP contribution in [0.15, 0.2) is 0 Å². The summed E-state index contributed by atoms with van der Waals surface area (Å²) in [5.41, 5.74) is -1.97. The normalized spacial score (nSPS) is 15.3. The molecule has 0 aromatic rings. The second kappa shape index (κ2) is 7.56. The van der Waals surface area contributed by atoms with Crippen molar-refractivity contribution in [2.75, 3.05) is 12.4 Å². The van der Waals surface area contributed by atoms with E-state index in [-0.39, 0.29) is 10.5 Å². The zero-order chi connectivity index (χ0) is 16.0. The van der Waals surface area contributed by atoms with Crippen LogP contribution >= 0.6 is 21.6 Å². The first-order valence-corrected chi connectivity index (χ1v) is 8.64. The first-order valence-electron chi connectivity index (χ1n) is 6.32. The Morgan fingerprint density at radius 3 is 2.15 bits per heavy atom. The van der Waals surface area contributed by atoms with E-state index in [0.717, 1.165) is 0 Å². The second-order valence-electron chi connectivity index (χ2n) is 6.52. The number of ether oxygens (including phenoxy) is 1. The summed E-state index contributed by atoms with van der Waals surface area (Å²) in [6.45, 7) is 10.9. The molecule has 0 rings (SSSR count). The average Bonchev–Trinajstić information content (AvgIpc) is 2.23. The van der Waals surface area contributed by atoms with E-state index in [2.05, 4.69) is 5.32 Å². The van der Waals surface area contributed by atoms with Gasteiger partial charge in [0.1, 0.15) is 17.4 Å². The Morgan fingerprint density at radius 1 is 1.25 bits per heavy atom. The summed E-state index contributed by atoms with van der Waals surface area (Å²) in [5.74, 6) is 0.272. The maximum Gasteiger partial charge on any atom is 0.408 e. The van der Waals surface area contributed by atoms with Crippen LogP contribution in [0.3, 0.4) is 0 Å². The first kappa shape index (κ1) is 19.6. The number of carbonyl (C=O) groups is 2. The lowest BCUT2D eigenvalue weighted by Crippen LogP contribution is -2.55. The van der Waals surface area contributed by atoms with Crippen molar-refractivity contribution in [1.29, 1.82) is 0 Å². The van der Waals surface area contributed by atoms with Gasteiger partial charge in [0.25, 0.3) is 0 Å². The van der Waals surface area contributed by atoms with Gasteiger partial charge in [0.05, 0.1) is 6.61 Å². The van der Waals surface area contributed by atoms with Crippen molar-refractivity contribution in [3.8, 4) is 0 Å². The minimum atomic E-state index is -1.31. The molecule has 0 saturated heterocycles. The molecule has 0 saturated carbocycles. The van der Waals surface area contributed by atoms with Crippen LogP contribution in [0.5, 0.6) is 0 Å². The largest absolute Gasteiger partial charge is 0.444 e. The minimum absolute atomic E-state index is 0.0284. The van der Waals surface area contributed by atoms with Gasteiger partial charge in [-0.05, 0) is 20.8 Å². The number of aliphatic hydroxyl groups excluding tert-OH is 1. The molecular formula is C13H25NO4S2. The van der Waals surface area contributed by atoms with Crippen LogP contribution in [-0.4, -0.2) is 45.7 Å². The number of amides is 1. The fraction of sp³-hybridized carbons (Fsp3) is 0.846. The molecule has 7 heteroatoms. The summed E-state index contributed by atoms with van der Waals surface area (Å²) >= 11 is 0. The van der Waals surface area contributed by atoms with Gasteiger partial charge in [-0.1, -0.05) is 42.4 Å². The zero-order valence-corrected chi connectivity index (χ0v) is 14.6. The summed E-state index contributed by atoms with van der Waals surface area (Å²) in [5, 5.41) is 11.9. The van der Waals surface area contributed by atoms with E-state index in [4.69, 9.17) is 4.74 Å². The predicted octanol–water partition coefficient (Wildman–Crippen LogP) is 2.62. The number of rotatable bonds is 6. The molecule has 1 atom stereocenters. The van der Waals surface area contributed by atoms with Gasteiger partial charge < -0.3 is 20.0 Å². The third kappa shape index (κ3) is 8.71. The van der Waals surface area contributed by atoms with Gasteiger partial charge in [-0.2, -0.15) is 0 Å². The van der Waals surface area contributed by atoms with E-state index in [0.29, 0.717) is 6.29 Å². The molecule has 1 amide bonds. The summed E-state index contributed by atoms with van der Waals surface area (Å²) in [6, 6.07) is 0. The molecule has 20 heavy (non-hydrogen) atoms.